The molecule has 1 atom stereocenters. The third kappa shape index (κ3) is 6.10. The number of hydrogen-bond donors (Lipinski definition) is 2. The molecule has 37 heavy (non-hydrogen) atoms. The van der Waals surface area contributed by atoms with Crippen LogP contribution in [-0.2, 0) is 24.5 Å². The molecule has 2 N–H and O–H groups in total. The van der Waals surface area contributed by atoms with Crippen molar-refractivity contribution in [2.75, 3.05) is 42.4 Å². The van der Waals surface area contributed by atoms with Crippen molar-refractivity contribution < 1.29 is 23.9 Å². The van der Waals surface area contributed by atoms with Crippen LogP contribution in [0, 0.1) is 5.41 Å². The summed E-state index contributed by atoms with van der Waals surface area (Å²) in [6.45, 7) is 9.04. The van der Waals surface area contributed by atoms with E-state index in [0.29, 0.717) is 16.9 Å². The summed E-state index contributed by atoms with van der Waals surface area (Å²) in [6, 6.07) is 12.8. The average Bonchev–Trinajstić information content (AvgIpc) is 2.93. The number of hydrogen-bond acceptors (Lipinski definition) is 6. The molecular weight excluding hydrogens is 472 g/mol. The number of ketones is 1. The summed E-state index contributed by atoms with van der Waals surface area (Å²) in [5.74, 6) is -0.857. The lowest BCUT2D eigenvalue weighted by atomic mass is 9.84. The third-order valence-electron chi connectivity index (χ3n) is 6.59. The molecule has 1 aliphatic heterocycles. The predicted octanol–water partition coefficient (Wildman–Crippen LogP) is 3.73. The zero-order valence-electron chi connectivity index (χ0n) is 22.5. The Kier molecular flexibility index (Phi) is 7.95. The van der Waals surface area contributed by atoms with E-state index in [1.54, 1.807) is 44.2 Å². The number of ether oxygens (including phenoxy) is 1. The van der Waals surface area contributed by atoms with Crippen molar-refractivity contribution in [3.8, 4) is 0 Å². The van der Waals surface area contributed by atoms with Crippen molar-refractivity contribution in [1.82, 2.24) is 5.32 Å². The second-order valence-corrected chi connectivity index (χ2v) is 10.8. The summed E-state index contributed by atoms with van der Waals surface area (Å²) in [5, 5.41) is 5.53. The van der Waals surface area contributed by atoms with Crippen LogP contribution in [0.1, 0.15) is 40.2 Å². The topological polar surface area (TPSA) is 108 Å². The molecule has 0 aromatic heterocycles. The Balaban J connectivity index is 1.83. The Bertz CT molecular complexity index is 1200. The van der Waals surface area contributed by atoms with Gasteiger partial charge in [-0.2, -0.15) is 0 Å². The van der Waals surface area contributed by atoms with E-state index >= 15 is 0 Å². The van der Waals surface area contributed by atoms with Crippen LogP contribution in [0.2, 0.25) is 0 Å². The fourth-order valence-corrected chi connectivity index (χ4v) is 4.11. The van der Waals surface area contributed by atoms with E-state index in [-0.39, 0.29) is 24.8 Å². The van der Waals surface area contributed by atoms with E-state index in [1.807, 2.05) is 50.9 Å². The quantitative estimate of drug-likeness (QED) is 0.576. The van der Waals surface area contributed by atoms with Crippen LogP contribution in [-0.4, -0.2) is 57.0 Å². The number of urea groups is 1. The van der Waals surface area contributed by atoms with Gasteiger partial charge in [-0.25, -0.2) is 4.79 Å². The molecule has 2 aromatic carbocycles. The number of benzene rings is 2. The maximum Gasteiger partial charge on any atom is 0.319 e. The van der Waals surface area contributed by atoms with Crippen molar-refractivity contribution >= 4 is 40.8 Å². The van der Waals surface area contributed by atoms with Crippen molar-refractivity contribution in [1.29, 1.82) is 0 Å². The fourth-order valence-electron chi connectivity index (χ4n) is 4.11. The Morgan fingerprint density at radius 1 is 1.00 bits per heavy atom. The van der Waals surface area contributed by atoms with E-state index in [9.17, 15) is 19.2 Å². The number of Topliss-reactive ketones (excluding diaryl/α,β-unsaturated/α-hetero) is 1. The zero-order valence-corrected chi connectivity index (χ0v) is 22.5. The fraction of sp³-hybridized carbons (Fsp3) is 0.429. The molecule has 0 aliphatic carbocycles. The lowest BCUT2D eigenvalue weighted by Crippen LogP contribution is -2.54. The molecule has 198 valence electrons. The van der Waals surface area contributed by atoms with Gasteiger partial charge in [0.15, 0.2) is 5.78 Å². The van der Waals surface area contributed by atoms with Gasteiger partial charge in [0.05, 0.1) is 30.4 Å². The Labute approximate surface area is 218 Å². The van der Waals surface area contributed by atoms with E-state index in [4.69, 9.17) is 4.74 Å². The number of rotatable bonds is 6. The maximum absolute atomic E-state index is 13.7. The van der Waals surface area contributed by atoms with Crippen LogP contribution < -0.4 is 20.4 Å². The third-order valence-corrected chi connectivity index (χ3v) is 6.59. The molecule has 0 saturated heterocycles. The van der Waals surface area contributed by atoms with Gasteiger partial charge in [0.25, 0.3) is 5.91 Å². The first-order valence-corrected chi connectivity index (χ1v) is 12.2. The molecule has 0 radical (unpaired) electrons. The van der Waals surface area contributed by atoms with Crippen LogP contribution in [0.4, 0.5) is 21.9 Å². The number of fused-ring (bicyclic) bond motifs is 1. The summed E-state index contributed by atoms with van der Waals surface area (Å²) in [6.07, 6.45) is 0. The van der Waals surface area contributed by atoms with Gasteiger partial charge in [-0.1, -0.05) is 45.0 Å². The zero-order chi connectivity index (χ0) is 27.5. The van der Waals surface area contributed by atoms with Crippen LogP contribution in [0.3, 0.4) is 0 Å². The molecule has 1 heterocycles. The first-order chi connectivity index (χ1) is 17.3. The van der Waals surface area contributed by atoms with Crippen LogP contribution in [0.15, 0.2) is 48.5 Å². The van der Waals surface area contributed by atoms with Gasteiger partial charge >= 0.3 is 12.0 Å². The summed E-state index contributed by atoms with van der Waals surface area (Å²) in [4.78, 5) is 55.1. The molecule has 1 unspecified atom stereocenters. The molecule has 2 aromatic rings. The van der Waals surface area contributed by atoms with Gasteiger partial charge in [-0.3, -0.25) is 14.4 Å². The first-order valence-electron chi connectivity index (χ1n) is 12.2. The number of likely N-dealkylation sites (N-methyl/N-ethyl adjacent to an activating group) is 1. The smallest absolute Gasteiger partial charge is 0.319 e. The minimum atomic E-state index is -0.908. The number of nitrogens with zero attached hydrogens (tertiary/aromatic N) is 2. The largest absolute Gasteiger partial charge is 0.468 e. The van der Waals surface area contributed by atoms with E-state index in [2.05, 4.69) is 10.6 Å². The van der Waals surface area contributed by atoms with Gasteiger partial charge in [-0.15, -0.1) is 0 Å². The molecule has 3 rings (SSSR count). The van der Waals surface area contributed by atoms with Crippen LogP contribution >= 0.6 is 0 Å². The number of amides is 3. The molecule has 0 spiro atoms. The molecular formula is C28H36N4O5. The number of carbonyl (C=O) groups excluding carboxylic acids is 4. The van der Waals surface area contributed by atoms with Gasteiger partial charge in [-0.05, 0) is 43.7 Å². The van der Waals surface area contributed by atoms with E-state index < -0.39 is 28.9 Å². The summed E-state index contributed by atoms with van der Waals surface area (Å²) in [5.41, 5.74) is 1.01. The van der Waals surface area contributed by atoms with Crippen LogP contribution in [0.25, 0.3) is 0 Å². The van der Waals surface area contributed by atoms with Crippen molar-refractivity contribution in [2.45, 2.75) is 46.1 Å². The summed E-state index contributed by atoms with van der Waals surface area (Å²) < 4.78 is 4.90. The molecule has 0 bridgehead atoms. The Morgan fingerprint density at radius 3 is 2.27 bits per heavy atom. The number of carbonyl (C=O) groups is 4. The lowest BCUT2D eigenvalue weighted by Gasteiger charge is -2.28. The monoisotopic (exact) mass is 508 g/mol. The standard InChI is InChI=1S/C28H36N4O5/c1-27(2,3)23(33)17-32-22-14-9-8-13-21(22)31(6)16-20(24(32)34)30-26(36)29-19-12-10-11-18(15-19)28(4,5)25(35)37-7/h8-15,20H,16-17H2,1-7H3,(H2,29,30,36). The average molecular weight is 509 g/mol. The van der Waals surface area contributed by atoms with Crippen molar-refractivity contribution in [3.05, 3.63) is 54.1 Å². The minimum Gasteiger partial charge on any atom is -0.468 e. The van der Waals surface area contributed by atoms with Crippen molar-refractivity contribution in [2.24, 2.45) is 5.41 Å². The second kappa shape index (κ2) is 10.6. The molecule has 0 saturated carbocycles. The lowest BCUT2D eigenvalue weighted by molar-refractivity contribution is -0.146. The number of para-hydroxylation sites is 2. The Morgan fingerprint density at radius 2 is 1.65 bits per heavy atom. The number of methoxy groups -OCH3 is 1. The minimum absolute atomic E-state index is 0.0894. The Hall–Kier alpha value is -3.88. The number of esters is 1. The SMILES string of the molecule is COC(=O)C(C)(C)c1cccc(NC(=O)NC2CN(C)c3ccccc3N(CC(=O)C(C)(C)C)C2=O)c1. The normalized spacial score (nSPS) is 16.0. The molecule has 9 nitrogen and oxygen atoms in total. The van der Waals surface area contributed by atoms with Crippen LogP contribution in [0.5, 0.6) is 0 Å². The van der Waals surface area contributed by atoms with E-state index in [1.165, 1.54) is 12.0 Å². The highest BCUT2D eigenvalue weighted by molar-refractivity contribution is 6.07. The van der Waals surface area contributed by atoms with Crippen molar-refractivity contribution in [3.63, 3.8) is 0 Å². The molecule has 1 aliphatic rings. The second-order valence-electron chi connectivity index (χ2n) is 10.8. The summed E-state index contributed by atoms with van der Waals surface area (Å²) >= 11 is 0. The highest BCUT2D eigenvalue weighted by Crippen LogP contribution is 2.33. The molecule has 3 amide bonds. The summed E-state index contributed by atoms with van der Waals surface area (Å²) in [7, 11) is 3.17. The highest BCUT2D eigenvalue weighted by atomic mass is 16.5. The van der Waals surface area contributed by atoms with Gasteiger partial charge in [0, 0.05) is 24.7 Å². The maximum atomic E-state index is 13.7. The number of nitrogens with one attached hydrogen (secondary N) is 2. The number of anilines is 3. The van der Waals surface area contributed by atoms with Gasteiger partial charge in [0.1, 0.15) is 6.04 Å². The predicted molar refractivity (Wildman–Crippen MR) is 144 cm³/mol. The van der Waals surface area contributed by atoms with E-state index in [0.717, 1.165) is 5.69 Å². The van der Waals surface area contributed by atoms with Gasteiger partial charge in [0.2, 0.25) is 0 Å². The molecule has 0 fully saturated rings. The highest BCUT2D eigenvalue weighted by Gasteiger charge is 2.36. The molecule has 9 heteroatoms. The first kappa shape index (κ1) is 27.7. The van der Waals surface area contributed by atoms with Gasteiger partial charge < -0.3 is 25.2 Å².